The molecule has 3 rings (SSSR count). The molecule has 0 aliphatic heterocycles. The summed E-state index contributed by atoms with van der Waals surface area (Å²) in [4.78, 5) is 12.2. The van der Waals surface area contributed by atoms with Crippen LogP contribution in [0.15, 0.2) is 59.5 Å². The van der Waals surface area contributed by atoms with Gasteiger partial charge in [0.2, 0.25) is 0 Å². The van der Waals surface area contributed by atoms with Crippen LogP contribution in [0.25, 0.3) is 22.3 Å². The molecule has 0 unspecified atom stereocenters. The van der Waals surface area contributed by atoms with Crippen LogP contribution < -0.4 is 10.0 Å². The zero-order valence-corrected chi connectivity index (χ0v) is 14.4. The van der Waals surface area contributed by atoms with Crippen LogP contribution >= 0.6 is 0 Å². The molecule has 0 amide bonds. The molecule has 3 aromatic rings. The summed E-state index contributed by atoms with van der Waals surface area (Å²) in [6.07, 6.45) is 1.49. The third-order valence-electron chi connectivity index (χ3n) is 3.58. The van der Waals surface area contributed by atoms with Crippen LogP contribution in [-0.2, 0) is 7.67 Å². The fraction of sp³-hybridized carbons (Fsp3) is 0.0588. The van der Waals surface area contributed by atoms with Gasteiger partial charge in [0.15, 0.2) is 0 Å². The molecule has 0 saturated carbocycles. The fourth-order valence-corrected chi connectivity index (χ4v) is 3.72. The van der Waals surface area contributed by atoms with Crippen LogP contribution in [0.2, 0.25) is 5.82 Å². The molecular formula is C17H13FN2O3Se. The molecule has 2 aromatic carbocycles. The second kappa shape index (κ2) is 6.11. The number of nitrogens with one attached hydrogen (secondary N) is 1. The number of hydrogen-bond acceptors (Lipinski definition) is 4. The molecule has 122 valence electrons. The Labute approximate surface area is 138 Å². The minimum atomic E-state index is -4.06. The number of aromatic amines is 1. The summed E-state index contributed by atoms with van der Waals surface area (Å²) in [5, 5.41) is 6.18. The molecule has 0 saturated heterocycles. The van der Waals surface area contributed by atoms with E-state index in [0.29, 0.717) is 22.3 Å². The van der Waals surface area contributed by atoms with E-state index in [1.54, 1.807) is 12.1 Å². The topological polar surface area (TPSA) is 79.9 Å². The maximum atomic E-state index is 13.1. The average molecular weight is 391 g/mol. The van der Waals surface area contributed by atoms with Crippen molar-refractivity contribution >= 4 is 17.2 Å². The molecular weight excluding hydrogens is 378 g/mol. The van der Waals surface area contributed by atoms with Crippen LogP contribution in [-0.4, -0.2) is 22.9 Å². The van der Waals surface area contributed by atoms with Gasteiger partial charge in [0.25, 0.3) is 0 Å². The predicted octanol–water partition coefficient (Wildman–Crippen LogP) is 2.38. The van der Waals surface area contributed by atoms with Gasteiger partial charge in [-0.2, -0.15) is 0 Å². The zero-order valence-electron chi connectivity index (χ0n) is 12.7. The Morgan fingerprint density at radius 2 is 1.54 bits per heavy atom. The van der Waals surface area contributed by atoms with E-state index >= 15 is 0 Å². The molecule has 24 heavy (non-hydrogen) atoms. The van der Waals surface area contributed by atoms with Gasteiger partial charge in [0, 0.05) is 0 Å². The summed E-state index contributed by atoms with van der Waals surface area (Å²) >= 11 is -4.06. The van der Waals surface area contributed by atoms with Crippen molar-refractivity contribution in [1.29, 1.82) is 0 Å². The Kier molecular flexibility index (Phi) is 4.13. The first-order valence-corrected chi connectivity index (χ1v) is 11.0. The molecule has 0 atom stereocenters. The molecule has 1 aromatic heterocycles. The van der Waals surface area contributed by atoms with Gasteiger partial charge in [-0.25, -0.2) is 0 Å². The van der Waals surface area contributed by atoms with Crippen molar-refractivity contribution < 1.29 is 12.1 Å². The van der Waals surface area contributed by atoms with E-state index in [9.17, 15) is 16.9 Å². The zero-order chi connectivity index (χ0) is 17.3. The Morgan fingerprint density at radius 3 is 2.12 bits per heavy atom. The van der Waals surface area contributed by atoms with Gasteiger partial charge < -0.3 is 0 Å². The van der Waals surface area contributed by atoms with E-state index in [1.807, 2.05) is 0 Å². The second-order valence-electron chi connectivity index (χ2n) is 5.29. The molecule has 1 N–H and O–H groups in total. The molecule has 0 aliphatic rings. The normalized spacial score (nSPS) is 11.4. The molecule has 0 radical (unpaired) electrons. The van der Waals surface area contributed by atoms with Gasteiger partial charge in [-0.3, -0.25) is 0 Å². The number of benzene rings is 2. The van der Waals surface area contributed by atoms with Gasteiger partial charge >= 0.3 is 138 Å². The number of aromatic nitrogens is 2. The van der Waals surface area contributed by atoms with Crippen LogP contribution in [0.4, 0.5) is 4.39 Å². The Balaban J connectivity index is 2.17. The molecule has 1 heterocycles. The molecule has 7 heteroatoms. The number of halogens is 1. The molecule has 5 nitrogen and oxygen atoms in total. The van der Waals surface area contributed by atoms with Crippen molar-refractivity contribution in [1.82, 2.24) is 10.2 Å². The van der Waals surface area contributed by atoms with E-state index in [-0.39, 0.29) is 4.46 Å². The Morgan fingerprint density at radius 1 is 0.958 bits per heavy atom. The first-order chi connectivity index (χ1) is 11.4. The fourth-order valence-electron chi connectivity index (χ4n) is 2.40. The van der Waals surface area contributed by atoms with E-state index in [0.717, 1.165) is 0 Å². The predicted molar refractivity (Wildman–Crippen MR) is 88.3 cm³/mol. The number of rotatable bonds is 3. The Hall–Kier alpha value is -2.63. The first kappa shape index (κ1) is 16.2. The van der Waals surface area contributed by atoms with Crippen molar-refractivity contribution in [3.8, 4) is 22.3 Å². The summed E-state index contributed by atoms with van der Waals surface area (Å²) in [6.45, 7) is 0. The van der Waals surface area contributed by atoms with E-state index in [4.69, 9.17) is 0 Å². The summed E-state index contributed by atoms with van der Waals surface area (Å²) < 4.78 is 36.6. The average Bonchev–Trinajstić information content (AvgIpc) is 2.55. The summed E-state index contributed by atoms with van der Waals surface area (Å²) in [5.41, 5.74) is 1.68. The van der Waals surface area contributed by atoms with Crippen LogP contribution in [0.5, 0.6) is 0 Å². The van der Waals surface area contributed by atoms with Crippen LogP contribution in [0, 0.1) is 5.82 Å². The standard InChI is InChI=1S/C17H13FN2O3Se/c1-24(22,23)14-8-4-11(5-9-14)15-10-19-20-17(21)16(15)12-2-6-13(18)7-3-12/h2-10H,1H3,(H,20,21). The summed E-state index contributed by atoms with van der Waals surface area (Å²) in [5.74, 6) is 0.801. The van der Waals surface area contributed by atoms with E-state index < -0.39 is 24.1 Å². The molecule has 0 spiro atoms. The first-order valence-electron chi connectivity index (χ1n) is 7.00. The van der Waals surface area contributed by atoms with Crippen molar-refractivity contribution in [3.05, 3.63) is 70.9 Å². The number of hydrogen-bond donors (Lipinski definition) is 1. The molecule has 0 aliphatic carbocycles. The van der Waals surface area contributed by atoms with Crippen LogP contribution in [0.3, 0.4) is 0 Å². The van der Waals surface area contributed by atoms with Crippen LogP contribution in [0.1, 0.15) is 0 Å². The number of nitrogens with zero attached hydrogens (tertiary/aromatic N) is 1. The van der Waals surface area contributed by atoms with Gasteiger partial charge in [0.1, 0.15) is 0 Å². The van der Waals surface area contributed by atoms with Gasteiger partial charge in [-0.15, -0.1) is 0 Å². The SMILES string of the molecule is C[Se](=O)(=O)c1ccc(-c2cn[nH]c(=O)c2-c2ccc(F)cc2)cc1. The minimum absolute atomic E-state index is 0.260. The summed E-state index contributed by atoms with van der Waals surface area (Å²) in [6, 6.07) is 11.8. The van der Waals surface area contributed by atoms with E-state index in [1.165, 1.54) is 48.4 Å². The molecule has 0 fully saturated rings. The third kappa shape index (κ3) is 3.18. The second-order valence-corrected chi connectivity index (χ2v) is 9.52. The van der Waals surface area contributed by atoms with Gasteiger partial charge in [-0.05, 0) is 0 Å². The maximum absolute atomic E-state index is 13.1. The van der Waals surface area contributed by atoms with Crippen molar-refractivity contribution in [2.24, 2.45) is 0 Å². The van der Waals surface area contributed by atoms with Crippen molar-refractivity contribution in [3.63, 3.8) is 0 Å². The Bertz CT molecular complexity index is 1040. The van der Waals surface area contributed by atoms with Gasteiger partial charge in [0.05, 0.1) is 0 Å². The van der Waals surface area contributed by atoms with E-state index in [2.05, 4.69) is 10.2 Å². The summed E-state index contributed by atoms with van der Waals surface area (Å²) in [7, 11) is 0. The monoisotopic (exact) mass is 392 g/mol. The van der Waals surface area contributed by atoms with Crippen molar-refractivity contribution in [2.75, 3.05) is 0 Å². The number of H-pyrrole nitrogens is 1. The quantitative estimate of drug-likeness (QED) is 0.696. The van der Waals surface area contributed by atoms with Gasteiger partial charge in [-0.1, -0.05) is 0 Å². The van der Waals surface area contributed by atoms with Crippen molar-refractivity contribution in [2.45, 2.75) is 5.82 Å². The molecule has 0 bridgehead atoms. The third-order valence-corrected chi connectivity index (χ3v) is 5.95.